The molecule has 0 aliphatic rings. The van der Waals surface area contributed by atoms with E-state index in [1.54, 1.807) is 30.6 Å². The summed E-state index contributed by atoms with van der Waals surface area (Å²) in [7, 11) is 0. The van der Waals surface area contributed by atoms with Crippen LogP contribution in [-0.2, 0) is 0 Å². The van der Waals surface area contributed by atoms with Gasteiger partial charge in [-0.05, 0) is 44.1 Å². The Bertz CT molecular complexity index is 913. The summed E-state index contributed by atoms with van der Waals surface area (Å²) in [5.74, 6) is -0.225. The van der Waals surface area contributed by atoms with Crippen molar-refractivity contribution in [1.29, 1.82) is 0 Å². The Hall–Kier alpha value is -2.77. The lowest BCUT2D eigenvalue weighted by Gasteiger charge is -2.12. The smallest absolute Gasteiger partial charge is 0.335 e. The van der Waals surface area contributed by atoms with Crippen molar-refractivity contribution in [3.8, 4) is 0 Å². The Morgan fingerprint density at radius 3 is 2.77 bits per heavy atom. The minimum Gasteiger partial charge on any atom is -0.478 e. The molecule has 0 aliphatic heterocycles. The molecule has 2 heterocycles. The Morgan fingerprint density at radius 2 is 1.96 bits per heavy atom. The summed E-state index contributed by atoms with van der Waals surface area (Å²) in [6.45, 7) is 3.19. The van der Waals surface area contributed by atoms with Crippen LogP contribution in [0.2, 0.25) is 0 Å². The highest BCUT2D eigenvalue weighted by atomic mass is 16.4. The van der Waals surface area contributed by atoms with E-state index in [-0.39, 0.29) is 5.56 Å². The second kappa shape index (κ2) is 8.55. The molecule has 136 valence electrons. The van der Waals surface area contributed by atoms with E-state index >= 15 is 0 Å². The standard InChI is InChI=1S/C19H23N5O2/c20-6-1-2-7-21-9-10-23-18-15-5-8-22-12-16(15)14-4-3-13(19(25)26)11-17(14)24-18/h3-5,8,11-12,21H,1-2,6-7,9-10,20H2,(H,23,24)(H,25,26). The van der Waals surface area contributed by atoms with Crippen molar-refractivity contribution in [1.82, 2.24) is 15.3 Å². The first-order valence-electron chi connectivity index (χ1n) is 8.76. The van der Waals surface area contributed by atoms with E-state index in [9.17, 15) is 9.90 Å². The molecule has 0 aliphatic carbocycles. The minimum absolute atomic E-state index is 0.223. The molecule has 0 unspecified atom stereocenters. The van der Waals surface area contributed by atoms with Gasteiger partial charge in [0.25, 0.3) is 0 Å². The van der Waals surface area contributed by atoms with Crippen molar-refractivity contribution in [3.05, 3.63) is 42.2 Å². The molecule has 0 fully saturated rings. The lowest BCUT2D eigenvalue weighted by Crippen LogP contribution is -2.24. The number of carbonyl (C=O) groups is 1. The molecular weight excluding hydrogens is 330 g/mol. The van der Waals surface area contributed by atoms with Gasteiger partial charge in [0, 0.05) is 41.6 Å². The van der Waals surface area contributed by atoms with Crippen molar-refractivity contribution in [2.24, 2.45) is 5.73 Å². The van der Waals surface area contributed by atoms with E-state index in [1.165, 1.54) is 0 Å². The topological polar surface area (TPSA) is 113 Å². The van der Waals surface area contributed by atoms with Gasteiger partial charge in [-0.2, -0.15) is 0 Å². The van der Waals surface area contributed by atoms with Crippen LogP contribution >= 0.6 is 0 Å². The Kier molecular flexibility index (Phi) is 5.93. The third-order valence-electron chi connectivity index (χ3n) is 4.25. The summed E-state index contributed by atoms with van der Waals surface area (Å²) in [4.78, 5) is 20.1. The van der Waals surface area contributed by atoms with Crippen molar-refractivity contribution in [3.63, 3.8) is 0 Å². The molecule has 0 spiro atoms. The van der Waals surface area contributed by atoms with Crippen LogP contribution in [0.1, 0.15) is 23.2 Å². The van der Waals surface area contributed by atoms with Gasteiger partial charge in [0.15, 0.2) is 0 Å². The van der Waals surface area contributed by atoms with Crippen LogP contribution in [0, 0.1) is 0 Å². The average Bonchev–Trinajstić information content (AvgIpc) is 2.66. The number of benzene rings is 1. The molecule has 0 saturated carbocycles. The predicted molar refractivity (Wildman–Crippen MR) is 104 cm³/mol. The molecule has 26 heavy (non-hydrogen) atoms. The molecule has 0 saturated heterocycles. The number of carboxylic acids is 1. The normalized spacial score (nSPS) is 11.1. The van der Waals surface area contributed by atoms with E-state index in [1.807, 2.05) is 6.07 Å². The first kappa shape index (κ1) is 18.0. The lowest BCUT2D eigenvalue weighted by atomic mass is 10.1. The maximum Gasteiger partial charge on any atom is 0.335 e. The summed E-state index contributed by atoms with van der Waals surface area (Å²) in [5, 5.41) is 18.7. The number of unbranched alkanes of at least 4 members (excludes halogenated alkanes) is 1. The summed E-state index contributed by atoms with van der Waals surface area (Å²) in [5.41, 5.74) is 6.35. The molecule has 1 aromatic carbocycles. The second-order valence-corrected chi connectivity index (χ2v) is 6.09. The number of anilines is 1. The van der Waals surface area contributed by atoms with Crippen LogP contribution in [0.25, 0.3) is 21.7 Å². The number of rotatable bonds is 9. The predicted octanol–water partition coefficient (Wildman–Crippen LogP) is 2.22. The van der Waals surface area contributed by atoms with Gasteiger partial charge in [0.1, 0.15) is 5.82 Å². The maximum absolute atomic E-state index is 11.2. The van der Waals surface area contributed by atoms with E-state index in [4.69, 9.17) is 5.73 Å². The highest BCUT2D eigenvalue weighted by Crippen LogP contribution is 2.29. The first-order valence-corrected chi connectivity index (χ1v) is 8.76. The monoisotopic (exact) mass is 353 g/mol. The van der Waals surface area contributed by atoms with E-state index in [0.29, 0.717) is 5.52 Å². The van der Waals surface area contributed by atoms with Gasteiger partial charge in [-0.3, -0.25) is 4.98 Å². The molecule has 7 heteroatoms. The summed E-state index contributed by atoms with van der Waals surface area (Å²) in [6.07, 6.45) is 5.61. The van der Waals surface area contributed by atoms with Gasteiger partial charge < -0.3 is 21.5 Å². The molecule has 7 nitrogen and oxygen atoms in total. The molecule has 0 atom stereocenters. The zero-order valence-corrected chi connectivity index (χ0v) is 14.5. The van der Waals surface area contributed by atoms with Crippen LogP contribution in [0.15, 0.2) is 36.7 Å². The number of hydrogen-bond acceptors (Lipinski definition) is 6. The van der Waals surface area contributed by atoms with Gasteiger partial charge in [0.05, 0.1) is 11.1 Å². The molecular formula is C19H23N5O2. The fourth-order valence-corrected chi connectivity index (χ4v) is 2.90. The van der Waals surface area contributed by atoms with Gasteiger partial charge in [0.2, 0.25) is 0 Å². The zero-order chi connectivity index (χ0) is 18.4. The molecule has 0 radical (unpaired) electrons. The van der Waals surface area contributed by atoms with Crippen LogP contribution < -0.4 is 16.4 Å². The van der Waals surface area contributed by atoms with Crippen LogP contribution in [0.3, 0.4) is 0 Å². The van der Waals surface area contributed by atoms with Crippen LogP contribution in [0.4, 0.5) is 5.82 Å². The SMILES string of the molecule is NCCCCNCCNc1nc2cc(C(=O)O)ccc2c2cnccc12. The number of nitrogens with two attached hydrogens (primary N) is 1. The Morgan fingerprint density at radius 1 is 1.08 bits per heavy atom. The van der Waals surface area contributed by atoms with Crippen LogP contribution in [-0.4, -0.2) is 47.2 Å². The fraction of sp³-hybridized carbons (Fsp3) is 0.316. The molecule has 0 bridgehead atoms. The zero-order valence-electron chi connectivity index (χ0n) is 14.5. The van der Waals surface area contributed by atoms with Gasteiger partial charge >= 0.3 is 5.97 Å². The number of fused-ring (bicyclic) bond motifs is 3. The number of pyridine rings is 2. The lowest BCUT2D eigenvalue weighted by molar-refractivity contribution is 0.0697. The van der Waals surface area contributed by atoms with Crippen molar-refractivity contribution in [2.45, 2.75) is 12.8 Å². The summed E-state index contributed by atoms with van der Waals surface area (Å²) >= 11 is 0. The highest BCUT2D eigenvalue weighted by Gasteiger charge is 2.11. The maximum atomic E-state index is 11.2. The van der Waals surface area contributed by atoms with Crippen molar-refractivity contribution in [2.75, 3.05) is 31.5 Å². The number of nitrogens with one attached hydrogen (secondary N) is 2. The molecule has 3 aromatic rings. The van der Waals surface area contributed by atoms with Gasteiger partial charge in [-0.1, -0.05) is 6.07 Å². The minimum atomic E-state index is -0.962. The van der Waals surface area contributed by atoms with Crippen molar-refractivity contribution < 1.29 is 9.90 Å². The van der Waals surface area contributed by atoms with E-state index < -0.39 is 5.97 Å². The molecule has 3 rings (SSSR count). The van der Waals surface area contributed by atoms with Gasteiger partial charge in [-0.25, -0.2) is 9.78 Å². The summed E-state index contributed by atoms with van der Waals surface area (Å²) < 4.78 is 0. The van der Waals surface area contributed by atoms with E-state index in [0.717, 1.165) is 61.0 Å². The fourth-order valence-electron chi connectivity index (χ4n) is 2.90. The third kappa shape index (κ3) is 4.07. The van der Waals surface area contributed by atoms with Crippen LogP contribution in [0.5, 0.6) is 0 Å². The van der Waals surface area contributed by atoms with E-state index in [2.05, 4.69) is 20.6 Å². The molecule has 5 N–H and O–H groups in total. The molecule has 0 amide bonds. The first-order chi connectivity index (χ1) is 12.7. The second-order valence-electron chi connectivity index (χ2n) is 6.09. The summed E-state index contributed by atoms with van der Waals surface area (Å²) in [6, 6.07) is 6.90. The number of hydrogen-bond donors (Lipinski definition) is 4. The Balaban J connectivity index is 1.82. The highest BCUT2D eigenvalue weighted by molar-refractivity contribution is 6.10. The van der Waals surface area contributed by atoms with Gasteiger partial charge in [-0.15, -0.1) is 0 Å². The number of nitrogens with zero attached hydrogens (tertiary/aromatic N) is 2. The van der Waals surface area contributed by atoms with Crippen molar-refractivity contribution >= 4 is 33.5 Å². The number of carboxylic acid groups (broad SMARTS) is 1. The third-order valence-corrected chi connectivity index (χ3v) is 4.25. The molecule has 2 aromatic heterocycles. The number of aromatic carboxylic acids is 1. The largest absolute Gasteiger partial charge is 0.478 e. The Labute approximate surface area is 151 Å². The number of aromatic nitrogens is 2. The average molecular weight is 353 g/mol. The quantitative estimate of drug-likeness (QED) is 0.344.